The number of aliphatic hydroxyl groups is 1. The van der Waals surface area contributed by atoms with E-state index in [1.165, 1.54) is 0 Å². The molecule has 1 heterocycles. The third-order valence-electron chi connectivity index (χ3n) is 3.45. The van der Waals surface area contributed by atoms with Crippen molar-refractivity contribution in [3.8, 4) is 0 Å². The molecule has 1 aromatic heterocycles. The molecule has 144 valence electrons. The van der Waals surface area contributed by atoms with Gasteiger partial charge >= 0.3 is 0 Å². The summed E-state index contributed by atoms with van der Waals surface area (Å²) >= 11 is 11.9. The first-order valence-electron chi connectivity index (χ1n) is 8.22. The molecular weight excluding hydrogens is 488 g/mol. The molecular formula is C17H24Cl2IN5O. The van der Waals surface area contributed by atoms with Crippen molar-refractivity contribution in [2.75, 3.05) is 19.6 Å². The Labute approximate surface area is 181 Å². The smallest absolute Gasteiger partial charge is 0.191 e. The van der Waals surface area contributed by atoms with Crippen molar-refractivity contribution < 1.29 is 5.11 Å². The lowest BCUT2D eigenvalue weighted by atomic mass is 10.1. The molecule has 26 heavy (non-hydrogen) atoms. The number of hydrogen-bond donors (Lipinski definition) is 3. The molecule has 1 atom stereocenters. The van der Waals surface area contributed by atoms with Gasteiger partial charge < -0.3 is 15.7 Å². The molecule has 2 aromatic rings. The van der Waals surface area contributed by atoms with E-state index >= 15 is 0 Å². The number of hydrogen-bond acceptors (Lipinski definition) is 3. The summed E-state index contributed by atoms with van der Waals surface area (Å²) in [6, 6.07) is 6.92. The fourth-order valence-corrected chi connectivity index (χ4v) is 2.82. The topological polar surface area (TPSA) is 74.5 Å². The largest absolute Gasteiger partial charge is 0.386 e. The number of aromatic nitrogens is 2. The minimum atomic E-state index is -0.768. The van der Waals surface area contributed by atoms with Crippen LogP contribution in [0.2, 0.25) is 10.0 Å². The van der Waals surface area contributed by atoms with Crippen LogP contribution in [0.25, 0.3) is 0 Å². The van der Waals surface area contributed by atoms with E-state index in [9.17, 15) is 5.11 Å². The van der Waals surface area contributed by atoms with Crippen molar-refractivity contribution >= 4 is 53.1 Å². The number of guanidine groups is 1. The van der Waals surface area contributed by atoms with Gasteiger partial charge in [0.05, 0.1) is 12.6 Å². The number of halogens is 3. The van der Waals surface area contributed by atoms with Gasteiger partial charge in [-0.1, -0.05) is 23.2 Å². The summed E-state index contributed by atoms with van der Waals surface area (Å²) in [5.41, 5.74) is 0.649. The van der Waals surface area contributed by atoms with Crippen LogP contribution in [-0.2, 0) is 6.54 Å². The van der Waals surface area contributed by atoms with Gasteiger partial charge in [0.2, 0.25) is 0 Å². The van der Waals surface area contributed by atoms with Gasteiger partial charge in [-0.05, 0) is 43.2 Å². The molecule has 0 radical (unpaired) electrons. The van der Waals surface area contributed by atoms with Gasteiger partial charge in [-0.2, -0.15) is 5.10 Å². The summed E-state index contributed by atoms with van der Waals surface area (Å²) in [5.74, 6) is 0.662. The van der Waals surface area contributed by atoms with Crippen LogP contribution in [0.3, 0.4) is 0 Å². The molecule has 1 unspecified atom stereocenters. The van der Waals surface area contributed by atoms with Crippen LogP contribution in [0.4, 0.5) is 0 Å². The average molecular weight is 512 g/mol. The number of rotatable bonds is 8. The van der Waals surface area contributed by atoms with E-state index in [2.05, 4.69) is 20.7 Å². The van der Waals surface area contributed by atoms with E-state index in [4.69, 9.17) is 23.2 Å². The molecule has 0 aliphatic heterocycles. The summed E-state index contributed by atoms with van der Waals surface area (Å²) in [6.45, 7) is 4.54. The highest BCUT2D eigenvalue weighted by Crippen LogP contribution is 2.23. The predicted octanol–water partition coefficient (Wildman–Crippen LogP) is 3.49. The molecule has 2 rings (SSSR count). The number of aliphatic hydroxyl groups excluding tert-OH is 1. The minimum absolute atomic E-state index is 0. The number of benzene rings is 1. The molecule has 0 aliphatic carbocycles. The van der Waals surface area contributed by atoms with Crippen LogP contribution in [0.5, 0.6) is 0 Å². The second-order valence-corrected chi connectivity index (χ2v) is 6.36. The van der Waals surface area contributed by atoms with Gasteiger partial charge in [0.1, 0.15) is 0 Å². The Bertz CT molecular complexity index is 662. The summed E-state index contributed by atoms with van der Waals surface area (Å²) in [4.78, 5) is 4.42. The van der Waals surface area contributed by atoms with Crippen molar-refractivity contribution in [3.05, 3.63) is 52.3 Å². The van der Waals surface area contributed by atoms with Gasteiger partial charge in [0.15, 0.2) is 5.96 Å². The fraction of sp³-hybridized carbons (Fsp3) is 0.412. The van der Waals surface area contributed by atoms with Gasteiger partial charge in [-0.25, -0.2) is 0 Å². The monoisotopic (exact) mass is 511 g/mol. The first-order chi connectivity index (χ1) is 12.1. The van der Waals surface area contributed by atoms with E-state index in [1.807, 2.05) is 23.9 Å². The van der Waals surface area contributed by atoms with Crippen molar-refractivity contribution in [3.63, 3.8) is 0 Å². The first-order valence-corrected chi connectivity index (χ1v) is 8.97. The molecule has 0 saturated carbocycles. The number of nitrogens with zero attached hydrogens (tertiary/aromatic N) is 3. The van der Waals surface area contributed by atoms with Crippen LogP contribution >= 0.6 is 47.2 Å². The highest BCUT2D eigenvalue weighted by molar-refractivity contribution is 14.0. The standard InChI is InChI=1S/C17H23Cl2N5O.HI/c1-2-20-17(21-5-3-7-24-8-4-6-23-24)22-12-16(25)13-9-14(18)11-15(19)10-13;/h4,6,8-11,16,25H,2-3,5,7,12H2,1H3,(H2,20,21,22);1H. The van der Waals surface area contributed by atoms with Crippen LogP contribution in [0.1, 0.15) is 25.0 Å². The number of aryl methyl sites for hydroxylation is 1. The van der Waals surface area contributed by atoms with Gasteiger partial charge in [0.25, 0.3) is 0 Å². The maximum atomic E-state index is 10.3. The Kier molecular flexibility index (Phi) is 11.0. The Morgan fingerprint density at radius 2 is 2.00 bits per heavy atom. The molecule has 0 spiro atoms. The minimum Gasteiger partial charge on any atom is -0.386 e. The quantitative estimate of drug-likeness (QED) is 0.219. The summed E-state index contributed by atoms with van der Waals surface area (Å²) in [6.07, 6.45) is 3.85. The van der Waals surface area contributed by atoms with Gasteiger partial charge in [-0.3, -0.25) is 9.67 Å². The van der Waals surface area contributed by atoms with E-state index in [0.717, 1.165) is 26.1 Å². The molecule has 0 fully saturated rings. The van der Waals surface area contributed by atoms with Gasteiger partial charge in [0, 0.05) is 42.1 Å². The number of nitrogens with one attached hydrogen (secondary N) is 2. The molecule has 6 nitrogen and oxygen atoms in total. The van der Waals surface area contributed by atoms with Crippen molar-refractivity contribution in [2.45, 2.75) is 26.0 Å². The van der Waals surface area contributed by atoms with Crippen LogP contribution < -0.4 is 10.6 Å². The average Bonchev–Trinajstić information content (AvgIpc) is 3.08. The van der Waals surface area contributed by atoms with Crippen LogP contribution in [-0.4, -0.2) is 40.5 Å². The Balaban J connectivity index is 0.00000338. The van der Waals surface area contributed by atoms with E-state index in [0.29, 0.717) is 21.6 Å². The lowest BCUT2D eigenvalue weighted by Gasteiger charge is -2.14. The summed E-state index contributed by atoms with van der Waals surface area (Å²) in [7, 11) is 0. The first kappa shape index (κ1) is 23.0. The normalized spacial score (nSPS) is 12.4. The zero-order valence-electron chi connectivity index (χ0n) is 14.5. The third-order valence-corrected chi connectivity index (χ3v) is 3.89. The molecule has 0 bridgehead atoms. The summed E-state index contributed by atoms with van der Waals surface area (Å²) < 4.78 is 1.89. The summed E-state index contributed by atoms with van der Waals surface area (Å²) in [5, 5.41) is 21.9. The highest BCUT2D eigenvalue weighted by Gasteiger charge is 2.09. The maximum absolute atomic E-state index is 10.3. The SMILES string of the molecule is CCNC(=NCC(O)c1cc(Cl)cc(Cl)c1)NCCCn1cccn1.I. The molecule has 3 N–H and O–H groups in total. The second kappa shape index (κ2) is 12.4. The number of aliphatic imine (C=N–C) groups is 1. The molecule has 0 amide bonds. The fourth-order valence-electron chi connectivity index (χ4n) is 2.27. The van der Waals surface area contributed by atoms with E-state index in [1.54, 1.807) is 24.4 Å². The Morgan fingerprint density at radius 3 is 2.62 bits per heavy atom. The van der Waals surface area contributed by atoms with Crippen LogP contribution in [0.15, 0.2) is 41.7 Å². The zero-order valence-corrected chi connectivity index (χ0v) is 18.4. The van der Waals surface area contributed by atoms with Crippen molar-refractivity contribution in [1.29, 1.82) is 0 Å². The third kappa shape index (κ3) is 8.11. The van der Waals surface area contributed by atoms with Crippen LogP contribution in [0, 0.1) is 0 Å². The Morgan fingerprint density at radius 1 is 1.27 bits per heavy atom. The van der Waals surface area contributed by atoms with E-state index < -0.39 is 6.10 Å². The molecule has 1 aromatic carbocycles. The lowest BCUT2D eigenvalue weighted by Crippen LogP contribution is -2.38. The van der Waals surface area contributed by atoms with Crippen molar-refractivity contribution in [1.82, 2.24) is 20.4 Å². The predicted molar refractivity (Wildman–Crippen MR) is 118 cm³/mol. The molecule has 0 saturated heterocycles. The van der Waals surface area contributed by atoms with Crippen molar-refractivity contribution in [2.24, 2.45) is 4.99 Å². The molecule has 9 heteroatoms. The van der Waals surface area contributed by atoms with E-state index in [-0.39, 0.29) is 30.5 Å². The Hall–Kier alpha value is -1.03. The lowest BCUT2D eigenvalue weighted by molar-refractivity contribution is 0.187. The zero-order chi connectivity index (χ0) is 18.1. The second-order valence-electron chi connectivity index (χ2n) is 5.49. The van der Waals surface area contributed by atoms with Gasteiger partial charge in [-0.15, -0.1) is 24.0 Å². The highest BCUT2D eigenvalue weighted by atomic mass is 127. The molecule has 0 aliphatic rings. The maximum Gasteiger partial charge on any atom is 0.191 e.